The van der Waals surface area contributed by atoms with E-state index in [0.29, 0.717) is 6.61 Å². The molecule has 0 amide bonds. The standard InChI is InChI=1S/C56H60O12/c1-40(57)65-53-52(63-36-45-28-16-6-17-29-45)50(48(66-55(53)58)39-60-33-42-22-10-3-11-23-42)68-56-54(64-37-46-30-18-7-19-31-46)51(62-35-44-26-14-5-15-27-44)49(61-34-43-24-12-4-13-25-43)47(67-56)38-59-32-41-20-8-2-9-21-41/h2-31,47-56,58H,32-39H2,1H3/t47-,48-,49-,50-,51+,52+,53-,54-,55-,56-/m1/s1. The number of hydrogen-bond donors (Lipinski definition) is 1. The van der Waals surface area contributed by atoms with Gasteiger partial charge in [-0.1, -0.05) is 182 Å². The van der Waals surface area contributed by atoms with E-state index < -0.39 is 67.4 Å². The van der Waals surface area contributed by atoms with E-state index in [-0.39, 0.29) is 46.2 Å². The molecule has 8 rings (SSSR count). The first kappa shape index (κ1) is 48.8. The Balaban J connectivity index is 1.18. The van der Waals surface area contributed by atoms with Gasteiger partial charge in [-0.2, -0.15) is 0 Å². The van der Waals surface area contributed by atoms with Gasteiger partial charge in [0.05, 0.1) is 52.9 Å². The Kier molecular flexibility index (Phi) is 18.4. The molecule has 12 nitrogen and oxygen atoms in total. The minimum atomic E-state index is -1.58. The van der Waals surface area contributed by atoms with E-state index >= 15 is 0 Å². The third-order valence-electron chi connectivity index (χ3n) is 11.7. The molecule has 2 fully saturated rings. The first-order valence-electron chi connectivity index (χ1n) is 23.1. The normalized spacial score (nSPS) is 24.9. The maximum atomic E-state index is 12.7. The van der Waals surface area contributed by atoms with Crippen molar-refractivity contribution in [2.45, 2.75) is 108 Å². The van der Waals surface area contributed by atoms with Gasteiger partial charge in [0.15, 0.2) is 18.7 Å². The SMILES string of the molecule is CC(=O)O[C@@H]1[C@@H](OCc2ccccc2)[C@H](O[C@H]2O[C@H](COCc3ccccc3)[C@@H](OCc3ccccc3)[C@H](OCc3ccccc3)[C@H]2OCc2ccccc2)[C@@H](COCc2ccccc2)O[C@H]1O. The van der Waals surface area contributed by atoms with Gasteiger partial charge in [-0.05, 0) is 33.4 Å². The predicted molar refractivity (Wildman–Crippen MR) is 252 cm³/mol. The lowest BCUT2D eigenvalue weighted by Crippen LogP contribution is -2.66. The Morgan fingerprint density at radius 2 is 0.735 bits per heavy atom. The van der Waals surface area contributed by atoms with E-state index in [0.717, 1.165) is 33.4 Å². The molecule has 0 aliphatic carbocycles. The average Bonchev–Trinajstić information content (AvgIpc) is 3.37. The summed E-state index contributed by atoms with van der Waals surface area (Å²) in [5.41, 5.74) is 5.61. The van der Waals surface area contributed by atoms with Gasteiger partial charge in [0.1, 0.15) is 42.7 Å². The van der Waals surface area contributed by atoms with Crippen LogP contribution in [0, 0.1) is 0 Å². The van der Waals surface area contributed by atoms with Crippen molar-refractivity contribution >= 4 is 5.97 Å². The minimum absolute atomic E-state index is 0.0305. The van der Waals surface area contributed by atoms with Crippen LogP contribution in [0.15, 0.2) is 182 Å². The zero-order chi connectivity index (χ0) is 46.8. The fourth-order valence-electron chi connectivity index (χ4n) is 8.35. The molecule has 0 spiro atoms. The molecule has 6 aromatic carbocycles. The van der Waals surface area contributed by atoms with Crippen molar-refractivity contribution < 1.29 is 57.3 Å². The maximum Gasteiger partial charge on any atom is 0.303 e. The smallest absolute Gasteiger partial charge is 0.303 e. The number of hydrogen-bond acceptors (Lipinski definition) is 12. The summed E-state index contributed by atoms with van der Waals surface area (Å²) in [6.07, 6.45) is -10.4. The van der Waals surface area contributed by atoms with Crippen LogP contribution in [0.3, 0.4) is 0 Å². The lowest BCUT2D eigenvalue weighted by Gasteiger charge is -2.49. The molecule has 2 aliphatic heterocycles. The van der Waals surface area contributed by atoms with E-state index in [9.17, 15) is 9.90 Å². The third kappa shape index (κ3) is 14.2. The van der Waals surface area contributed by atoms with Crippen molar-refractivity contribution in [3.63, 3.8) is 0 Å². The summed E-state index contributed by atoms with van der Waals surface area (Å²) in [6.45, 7) is 2.65. The highest BCUT2D eigenvalue weighted by molar-refractivity contribution is 5.66. The van der Waals surface area contributed by atoms with E-state index in [1.165, 1.54) is 6.92 Å². The fraction of sp³-hybridized carbons (Fsp3) is 0.339. The maximum absolute atomic E-state index is 12.7. The van der Waals surface area contributed by atoms with Gasteiger partial charge in [0.25, 0.3) is 0 Å². The molecule has 12 heteroatoms. The largest absolute Gasteiger partial charge is 0.454 e. The minimum Gasteiger partial charge on any atom is -0.454 e. The number of ether oxygens (including phenoxy) is 10. The molecule has 68 heavy (non-hydrogen) atoms. The number of aliphatic hydroxyl groups excluding tert-OH is 1. The molecule has 1 N–H and O–H groups in total. The van der Waals surface area contributed by atoms with Crippen LogP contribution in [-0.4, -0.2) is 85.7 Å². The molecule has 2 saturated heterocycles. The van der Waals surface area contributed by atoms with Crippen LogP contribution in [0.2, 0.25) is 0 Å². The molecule has 2 heterocycles. The van der Waals surface area contributed by atoms with Crippen LogP contribution < -0.4 is 0 Å². The van der Waals surface area contributed by atoms with Crippen molar-refractivity contribution in [1.82, 2.24) is 0 Å². The molecule has 356 valence electrons. The van der Waals surface area contributed by atoms with Gasteiger partial charge in [-0.3, -0.25) is 4.79 Å². The Labute approximate surface area is 398 Å². The molecule has 0 unspecified atom stereocenters. The fourth-order valence-corrected chi connectivity index (χ4v) is 8.35. The summed E-state index contributed by atoms with van der Waals surface area (Å²) in [5.74, 6) is -0.634. The second-order valence-corrected chi connectivity index (χ2v) is 16.8. The monoisotopic (exact) mass is 924 g/mol. The van der Waals surface area contributed by atoms with Crippen LogP contribution >= 0.6 is 0 Å². The molecule has 0 radical (unpaired) electrons. The molecule has 2 aliphatic rings. The summed E-state index contributed by atoms with van der Waals surface area (Å²) < 4.78 is 66.6. The molecular weight excluding hydrogens is 865 g/mol. The Bertz CT molecular complexity index is 2330. The Morgan fingerprint density at radius 3 is 1.12 bits per heavy atom. The van der Waals surface area contributed by atoms with Crippen molar-refractivity contribution in [1.29, 1.82) is 0 Å². The van der Waals surface area contributed by atoms with Crippen molar-refractivity contribution in [2.24, 2.45) is 0 Å². The molecule has 0 bridgehead atoms. The zero-order valence-corrected chi connectivity index (χ0v) is 38.2. The van der Waals surface area contributed by atoms with E-state index in [1.807, 2.05) is 182 Å². The van der Waals surface area contributed by atoms with Gasteiger partial charge in [0.2, 0.25) is 0 Å². The van der Waals surface area contributed by atoms with E-state index in [2.05, 4.69) is 0 Å². The van der Waals surface area contributed by atoms with Crippen molar-refractivity contribution in [3.05, 3.63) is 215 Å². The zero-order valence-electron chi connectivity index (χ0n) is 38.2. The Hall–Kier alpha value is -5.61. The van der Waals surface area contributed by atoms with Crippen LogP contribution in [0.25, 0.3) is 0 Å². The van der Waals surface area contributed by atoms with Gasteiger partial charge >= 0.3 is 5.97 Å². The number of carbonyl (C=O) groups excluding carboxylic acids is 1. The van der Waals surface area contributed by atoms with Crippen molar-refractivity contribution in [2.75, 3.05) is 13.2 Å². The lowest BCUT2D eigenvalue weighted by atomic mass is 9.95. The molecule has 6 aromatic rings. The molecular formula is C56H60O12. The summed E-state index contributed by atoms with van der Waals surface area (Å²) in [5, 5.41) is 11.6. The number of rotatable bonds is 23. The first-order chi connectivity index (χ1) is 33.5. The van der Waals surface area contributed by atoms with Gasteiger partial charge in [0, 0.05) is 6.92 Å². The van der Waals surface area contributed by atoms with Crippen LogP contribution in [0.5, 0.6) is 0 Å². The highest BCUT2D eigenvalue weighted by Crippen LogP contribution is 2.36. The van der Waals surface area contributed by atoms with Gasteiger partial charge < -0.3 is 52.5 Å². The van der Waals surface area contributed by atoms with Crippen LogP contribution in [0.4, 0.5) is 0 Å². The average molecular weight is 925 g/mol. The third-order valence-corrected chi connectivity index (χ3v) is 11.7. The number of esters is 1. The Morgan fingerprint density at radius 1 is 0.412 bits per heavy atom. The highest BCUT2D eigenvalue weighted by Gasteiger charge is 2.54. The summed E-state index contributed by atoms with van der Waals surface area (Å²) in [6, 6.07) is 58.9. The number of aliphatic hydroxyl groups is 1. The predicted octanol–water partition coefficient (Wildman–Crippen LogP) is 8.52. The van der Waals surface area contributed by atoms with Gasteiger partial charge in [-0.15, -0.1) is 0 Å². The van der Waals surface area contributed by atoms with Crippen LogP contribution in [-0.2, 0) is 91.8 Å². The van der Waals surface area contributed by atoms with E-state index in [1.54, 1.807) is 0 Å². The summed E-state index contributed by atoms with van der Waals surface area (Å²) >= 11 is 0. The second-order valence-electron chi connectivity index (χ2n) is 16.8. The first-order valence-corrected chi connectivity index (χ1v) is 23.1. The highest BCUT2D eigenvalue weighted by atomic mass is 16.8. The van der Waals surface area contributed by atoms with Gasteiger partial charge in [-0.25, -0.2) is 0 Å². The number of benzene rings is 6. The summed E-state index contributed by atoms with van der Waals surface area (Å²) in [7, 11) is 0. The van der Waals surface area contributed by atoms with Crippen molar-refractivity contribution in [3.8, 4) is 0 Å². The van der Waals surface area contributed by atoms with E-state index in [4.69, 9.17) is 47.4 Å². The molecule has 10 atom stereocenters. The topological polar surface area (TPSA) is 130 Å². The summed E-state index contributed by atoms with van der Waals surface area (Å²) in [4.78, 5) is 12.7. The quantitative estimate of drug-likeness (QED) is 0.0619. The molecule has 0 aromatic heterocycles. The van der Waals surface area contributed by atoms with Crippen LogP contribution in [0.1, 0.15) is 40.3 Å². The number of carbonyl (C=O) groups is 1. The molecule has 0 saturated carbocycles. The lowest BCUT2D eigenvalue weighted by molar-refractivity contribution is -0.371. The second kappa shape index (κ2) is 25.7.